The van der Waals surface area contributed by atoms with E-state index in [2.05, 4.69) is 5.32 Å². The van der Waals surface area contributed by atoms with Gasteiger partial charge in [-0.15, -0.1) is 0 Å². The highest BCUT2D eigenvalue weighted by Gasteiger charge is 2.09. The molecule has 1 aromatic carbocycles. The number of hydrogen-bond acceptors (Lipinski definition) is 3. The maximum atomic E-state index is 11.6. The fourth-order valence-corrected chi connectivity index (χ4v) is 1.47. The molecule has 0 aliphatic rings. The van der Waals surface area contributed by atoms with Crippen LogP contribution in [-0.2, 0) is 6.54 Å². The summed E-state index contributed by atoms with van der Waals surface area (Å²) in [5.74, 6) is 0.0386. The number of carbonyl (C=O) groups excluding carboxylic acids is 1. The summed E-state index contributed by atoms with van der Waals surface area (Å²) in [6.45, 7) is 0.359. The molecule has 2 aromatic rings. The quantitative estimate of drug-likeness (QED) is 0.881. The molecule has 0 saturated carbocycles. The number of phenols is 1. The van der Waals surface area contributed by atoms with Crippen molar-refractivity contribution in [3.63, 3.8) is 0 Å². The number of carbonyl (C=O) groups is 1. The number of hydrogen-bond donors (Lipinski definition) is 2. The average molecular weight is 252 g/mol. The Morgan fingerprint density at radius 1 is 1.24 bits per heavy atom. The van der Waals surface area contributed by atoms with Crippen LogP contribution in [0, 0.1) is 0 Å². The Labute approximate surface area is 103 Å². The van der Waals surface area contributed by atoms with Gasteiger partial charge in [-0.25, -0.2) is 0 Å². The highest BCUT2D eigenvalue weighted by atomic mass is 35.5. The van der Waals surface area contributed by atoms with Crippen LogP contribution in [0.1, 0.15) is 16.1 Å². The summed E-state index contributed by atoms with van der Waals surface area (Å²) in [4.78, 5) is 11.6. The first-order chi connectivity index (χ1) is 8.15. The molecule has 0 unspecified atom stereocenters. The summed E-state index contributed by atoms with van der Waals surface area (Å²) >= 11 is 5.56. The monoisotopic (exact) mass is 251 g/mol. The molecule has 88 valence electrons. The zero-order valence-corrected chi connectivity index (χ0v) is 9.57. The van der Waals surface area contributed by atoms with Gasteiger partial charge in [0.05, 0.1) is 0 Å². The predicted octanol–water partition coefficient (Wildman–Crippen LogP) is 2.57. The van der Waals surface area contributed by atoms with E-state index in [4.69, 9.17) is 21.1 Å². The van der Waals surface area contributed by atoms with Crippen LogP contribution in [0.4, 0.5) is 0 Å². The molecule has 17 heavy (non-hydrogen) atoms. The van der Waals surface area contributed by atoms with Gasteiger partial charge >= 0.3 is 0 Å². The van der Waals surface area contributed by atoms with Gasteiger partial charge in [-0.3, -0.25) is 4.79 Å². The molecule has 0 fully saturated rings. The van der Waals surface area contributed by atoms with E-state index in [9.17, 15) is 4.79 Å². The minimum Gasteiger partial charge on any atom is -0.508 e. The van der Waals surface area contributed by atoms with Crippen molar-refractivity contribution in [1.82, 2.24) is 5.32 Å². The number of halogens is 1. The molecule has 0 bridgehead atoms. The number of furan rings is 1. The predicted molar refractivity (Wildman–Crippen MR) is 63.0 cm³/mol. The molecule has 4 nitrogen and oxygen atoms in total. The van der Waals surface area contributed by atoms with E-state index in [0.717, 1.165) is 5.56 Å². The lowest BCUT2D eigenvalue weighted by Crippen LogP contribution is -2.22. The summed E-state index contributed by atoms with van der Waals surface area (Å²) in [6, 6.07) is 9.59. The number of phenolic OH excluding ortho intramolecular Hbond substituents is 1. The first-order valence-corrected chi connectivity index (χ1v) is 5.34. The zero-order valence-electron chi connectivity index (χ0n) is 8.81. The van der Waals surface area contributed by atoms with Crippen molar-refractivity contribution in [3.8, 4) is 5.75 Å². The first-order valence-electron chi connectivity index (χ1n) is 4.96. The number of amides is 1. The fourth-order valence-electron chi connectivity index (χ4n) is 1.32. The van der Waals surface area contributed by atoms with Gasteiger partial charge in [-0.2, -0.15) is 0 Å². The van der Waals surface area contributed by atoms with Crippen LogP contribution in [0.15, 0.2) is 40.8 Å². The molecule has 0 atom stereocenters. The molecule has 1 heterocycles. The Morgan fingerprint density at radius 3 is 2.53 bits per heavy atom. The summed E-state index contributed by atoms with van der Waals surface area (Å²) < 4.78 is 4.97. The second-order valence-electron chi connectivity index (χ2n) is 3.45. The van der Waals surface area contributed by atoms with Crippen molar-refractivity contribution in [1.29, 1.82) is 0 Å². The van der Waals surface area contributed by atoms with Crippen molar-refractivity contribution in [3.05, 3.63) is 52.9 Å². The van der Waals surface area contributed by atoms with Gasteiger partial charge in [0, 0.05) is 6.54 Å². The molecule has 0 radical (unpaired) electrons. The Balaban J connectivity index is 1.94. The largest absolute Gasteiger partial charge is 0.508 e. The smallest absolute Gasteiger partial charge is 0.287 e. The van der Waals surface area contributed by atoms with E-state index < -0.39 is 0 Å². The number of aromatic hydroxyl groups is 1. The zero-order chi connectivity index (χ0) is 12.3. The van der Waals surface area contributed by atoms with E-state index in [1.165, 1.54) is 12.1 Å². The van der Waals surface area contributed by atoms with Crippen molar-refractivity contribution >= 4 is 17.5 Å². The van der Waals surface area contributed by atoms with Crippen LogP contribution in [0.5, 0.6) is 5.75 Å². The minimum atomic E-state index is -0.329. The molecule has 0 aliphatic carbocycles. The average Bonchev–Trinajstić information content (AvgIpc) is 2.75. The van der Waals surface area contributed by atoms with Crippen LogP contribution in [-0.4, -0.2) is 11.0 Å². The molecule has 1 aromatic heterocycles. The lowest BCUT2D eigenvalue weighted by Gasteiger charge is -2.03. The summed E-state index contributed by atoms with van der Waals surface area (Å²) in [5, 5.41) is 12.0. The lowest BCUT2D eigenvalue weighted by molar-refractivity contribution is 0.0923. The van der Waals surface area contributed by atoms with E-state index in [1.807, 2.05) is 0 Å². The molecular weight excluding hydrogens is 242 g/mol. The summed E-state index contributed by atoms with van der Waals surface area (Å²) in [5.41, 5.74) is 0.883. The van der Waals surface area contributed by atoms with Crippen LogP contribution < -0.4 is 5.32 Å². The van der Waals surface area contributed by atoms with E-state index >= 15 is 0 Å². The van der Waals surface area contributed by atoms with Crippen molar-refractivity contribution in [2.24, 2.45) is 0 Å². The van der Waals surface area contributed by atoms with Crippen LogP contribution >= 0.6 is 11.6 Å². The topological polar surface area (TPSA) is 62.5 Å². The first kappa shape index (κ1) is 11.5. The Bertz CT molecular complexity index is 519. The van der Waals surface area contributed by atoms with Gasteiger partial charge < -0.3 is 14.8 Å². The SMILES string of the molecule is O=C(NCc1ccc(O)cc1)c1ccc(Cl)o1. The number of benzene rings is 1. The third kappa shape index (κ3) is 3.01. The van der Waals surface area contributed by atoms with Gasteiger partial charge in [0.15, 0.2) is 11.0 Å². The fraction of sp³-hybridized carbons (Fsp3) is 0.0833. The molecule has 2 N–H and O–H groups in total. The molecule has 1 amide bonds. The maximum absolute atomic E-state index is 11.6. The van der Waals surface area contributed by atoms with E-state index in [1.54, 1.807) is 24.3 Å². The second-order valence-corrected chi connectivity index (χ2v) is 3.83. The van der Waals surface area contributed by atoms with Crippen LogP contribution in [0.3, 0.4) is 0 Å². The molecular formula is C12H10ClNO3. The normalized spacial score (nSPS) is 10.2. The van der Waals surface area contributed by atoms with Gasteiger partial charge in [-0.05, 0) is 41.4 Å². The van der Waals surface area contributed by atoms with Gasteiger partial charge in [0.1, 0.15) is 5.75 Å². The molecule has 5 heteroatoms. The summed E-state index contributed by atoms with van der Waals surface area (Å²) in [6.07, 6.45) is 0. The van der Waals surface area contributed by atoms with Gasteiger partial charge in [-0.1, -0.05) is 12.1 Å². The van der Waals surface area contributed by atoms with Crippen molar-refractivity contribution < 1.29 is 14.3 Å². The van der Waals surface area contributed by atoms with Crippen LogP contribution in [0.2, 0.25) is 5.22 Å². The highest BCUT2D eigenvalue weighted by molar-refractivity contribution is 6.29. The Hall–Kier alpha value is -1.94. The number of rotatable bonds is 3. The summed E-state index contributed by atoms with van der Waals surface area (Å²) in [7, 11) is 0. The maximum Gasteiger partial charge on any atom is 0.287 e. The highest BCUT2D eigenvalue weighted by Crippen LogP contribution is 2.13. The van der Waals surface area contributed by atoms with Gasteiger partial charge in [0.2, 0.25) is 0 Å². The third-order valence-corrected chi connectivity index (χ3v) is 2.39. The van der Waals surface area contributed by atoms with Gasteiger partial charge in [0.25, 0.3) is 5.91 Å². The minimum absolute atomic E-state index is 0.175. The standard InChI is InChI=1S/C12H10ClNO3/c13-11-6-5-10(17-11)12(16)14-7-8-1-3-9(15)4-2-8/h1-6,15H,7H2,(H,14,16). The second kappa shape index (κ2) is 4.93. The third-order valence-electron chi connectivity index (χ3n) is 2.19. The van der Waals surface area contributed by atoms with Crippen molar-refractivity contribution in [2.45, 2.75) is 6.54 Å². The lowest BCUT2D eigenvalue weighted by atomic mass is 10.2. The molecule has 0 aliphatic heterocycles. The molecule has 0 spiro atoms. The Morgan fingerprint density at radius 2 is 1.94 bits per heavy atom. The number of nitrogens with one attached hydrogen (secondary N) is 1. The molecule has 0 saturated heterocycles. The van der Waals surface area contributed by atoms with Crippen molar-refractivity contribution in [2.75, 3.05) is 0 Å². The molecule has 2 rings (SSSR count). The van der Waals surface area contributed by atoms with E-state index in [-0.39, 0.29) is 22.6 Å². The van der Waals surface area contributed by atoms with Crippen LogP contribution in [0.25, 0.3) is 0 Å². The van der Waals surface area contributed by atoms with E-state index in [0.29, 0.717) is 6.54 Å². The Kier molecular flexibility index (Phi) is 3.35.